The highest BCUT2D eigenvalue weighted by Gasteiger charge is 2.19. The number of hydrogen-bond donors (Lipinski definition) is 3. The van der Waals surface area contributed by atoms with Gasteiger partial charge in [-0.05, 0) is 12.0 Å². The van der Waals surface area contributed by atoms with Crippen LogP contribution in [0.4, 0.5) is 0 Å². The summed E-state index contributed by atoms with van der Waals surface area (Å²) >= 11 is 0. The van der Waals surface area contributed by atoms with Gasteiger partial charge < -0.3 is 16.2 Å². The van der Waals surface area contributed by atoms with Crippen molar-refractivity contribution in [3.63, 3.8) is 0 Å². The Labute approximate surface area is 108 Å². The van der Waals surface area contributed by atoms with E-state index in [4.69, 9.17) is 5.73 Å². The van der Waals surface area contributed by atoms with E-state index in [1.807, 2.05) is 37.3 Å². The van der Waals surface area contributed by atoms with Crippen LogP contribution in [0.5, 0.6) is 0 Å². The minimum atomic E-state index is -0.479. The number of aliphatic hydroxyl groups is 1. The van der Waals surface area contributed by atoms with E-state index >= 15 is 0 Å². The Morgan fingerprint density at radius 3 is 2.61 bits per heavy atom. The van der Waals surface area contributed by atoms with Gasteiger partial charge in [0, 0.05) is 13.1 Å². The summed E-state index contributed by atoms with van der Waals surface area (Å²) in [7, 11) is 0. The lowest BCUT2D eigenvalue weighted by Gasteiger charge is -2.17. The quantitative estimate of drug-likeness (QED) is 0.676. The first-order valence-corrected chi connectivity index (χ1v) is 6.39. The number of aliphatic hydroxyl groups excluding tert-OH is 1. The maximum absolute atomic E-state index is 12.0. The van der Waals surface area contributed by atoms with E-state index in [0.29, 0.717) is 6.42 Å². The maximum Gasteiger partial charge on any atom is 0.228 e. The number of benzene rings is 1. The van der Waals surface area contributed by atoms with E-state index in [9.17, 15) is 9.90 Å². The van der Waals surface area contributed by atoms with E-state index < -0.39 is 6.10 Å². The first-order valence-electron chi connectivity index (χ1n) is 6.39. The Bertz CT molecular complexity index is 354. The molecule has 2 unspecified atom stereocenters. The smallest absolute Gasteiger partial charge is 0.228 e. The van der Waals surface area contributed by atoms with Crippen LogP contribution in [0.3, 0.4) is 0 Å². The van der Waals surface area contributed by atoms with Crippen LogP contribution in [0.25, 0.3) is 0 Å². The van der Waals surface area contributed by atoms with Crippen molar-refractivity contribution >= 4 is 5.91 Å². The van der Waals surface area contributed by atoms with Gasteiger partial charge in [-0.1, -0.05) is 43.7 Å². The van der Waals surface area contributed by atoms with Crippen molar-refractivity contribution in [1.82, 2.24) is 5.32 Å². The molecule has 1 amide bonds. The van der Waals surface area contributed by atoms with Crippen LogP contribution in [0.1, 0.15) is 31.2 Å². The zero-order chi connectivity index (χ0) is 13.4. The molecule has 0 aliphatic carbocycles. The summed E-state index contributed by atoms with van der Waals surface area (Å²) in [4.78, 5) is 12.0. The lowest BCUT2D eigenvalue weighted by atomic mass is 9.98. The molecule has 0 bridgehead atoms. The number of nitrogens with two attached hydrogens (primary N) is 1. The van der Waals surface area contributed by atoms with Gasteiger partial charge in [-0.15, -0.1) is 0 Å². The molecule has 0 fully saturated rings. The summed E-state index contributed by atoms with van der Waals surface area (Å²) in [6.45, 7) is 2.55. The van der Waals surface area contributed by atoms with Gasteiger partial charge in [0.2, 0.25) is 5.91 Å². The Morgan fingerprint density at radius 2 is 2.06 bits per heavy atom. The summed E-state index contributed by atoms with van der Waals surface area (Å²) in [5, 5.41) is 12.3. The van der Waals surface area contributed by atoms with Crippen LogP contribution >= 0.6 is 0 Å². The van der Waals surface area contributed by atoms with Crippen molar-refractivity contribution in [2.24, 2.45) is 5.73 Å². The maximum atomic E-state index is 12.0. The van der Waals surface area contributed by atoms with Gasteiger partial charge in [-0.3, -0.25) is 4.79 Å². The standard InChI is InChI=1S/C14H22N2O2/c1-2-6-12(17)10-16-14(18)13(9-15)11-7-4-3-5-8-11/h3-5,7-8,12-13,17H,2,6,9-10,15H2,1H3,(H,16,18). The fourth-order valence-electron chi connectivity index (χ4n) is 1.86. The zero-order valence-electron chi connectivity index (χ0n) is 10.8. The highest BCUT2D eigenvalue weighted by atomic mass is 16.3. The van der Waals surface area contributed by atoms with Crippen molar-refractivity contribution in [3.8, 4) is 0 Å². The molecule has 4 N–H and O–H groups in total. The molecular formula is C14H22N2O2. The third-order valence-corrected chi connectivity index (χ3v) is 2.89. The van der Waals surface area contributed by atoms with E-state index in [1.54, 1.807) is 0 Å². The van der Waals surface area contributed by atoms with Crippen molar-refractivity contribution in [2.45, 2.75) is 31.8 Å². The second-order valence-electron chi connectivity index (χ2n) is 4.39. The number of carbonyl (C=O) groups excluding carboxylic acids is 1. The molecule has 0 spiro atoms. The van der Waals surface area contributed by atoms with Crippen molar-refractivity contribution in [1.29, 1.82) is 0 Å². The average molecular weight is 250 g/mol. The molecule has 4 nitrogen and oxygen atoms in total. The molecule has 0 aromatic heterocycles. The van der Waals surface area contributed by atoms with Gasteiger partial charge in [0.15, 0.2) is 0 Å². The number of carbonyl (C=O) groups is 1. The van der Waals surface area contributed by atoms with Gasteiger partial charge in [0.05, 0.1) is 12.0 Å². The molecule has 0 saturated carbocycles. The van der Waals surface area contributed by atoms with Gasteiger partial charge in [-0.25, -0.2) is 0 Å². The number of rotatable bonds is 7. The van der Waals surface area contributed by atoms with Crippen LogP contribution in [0, 0.1) is 0 Å². The number of amides is 1. The molecule has 1 aromatic carbocycles. The second-order valence-corrected chi connectivity index (χ2v) is 4.39. The van der Waals surface area contributed by atoms with Gasteiger partial charge in [0.25, 0.3) is 0 Å². The fourth-order valence-corrected chi connectivity index (χ4v) is 1.86. The van der Waals surface area contributed by atoms with E-state index in [-0.39, 0.29) is 24.9 Å². The Hall–Kier alpha value is -1.39. The van der Waals surface area contributed by atoms with Crippen LogP contribution in [0.15, 0.2) is 30.3 Å². The highest BCUT2D eigenvalue weighted by molar-refractivity contribution is 5.83. The molecule has 0 heterocycles. The molecule has 0 radical (unpaired) electrons. The van der Waals surface area contributed by atoms with E-state index in [2.05, 4.69) is 5.32 Å². The Kier molecular flexibility index (Phi) is 6.39. The molecule has 18 heavy (non-hydrogen) atoms. The van der Waals surface area contributed by atoms with Gasteiger partial charge in [0.1, 0.15) is 0 Å². The summed E-state index contributed by atoms with van der Waals surface area (Å²) < 4.78 is 0. The van der Waals surface area contributed by atoms with Gasteiger partial charge >= 0.3 is 0 Å². The van der Waals surface area contributed by atoms with Crippen LogP contribution in [0.2, 0.25) is 0 Å². The largest absolute Gasteiger partial charge is 0.391 e. The Balaban J connectivity index is 2.53. The van der Waals surface area contributed by atoms with Crippen LogP contribution in [-0.2, 0) is 4.79 Å². The summed E-state index contributed by atoms with van der Waals surface area (Å²) in [6, 6.07) is 9.45. The summed E-state index contributed by atoms with van der Waals surface area (Å²) in [5.74, 6) is -0.473. The topological polar surface area (TPSA) is 75.3 Å². The third kappa shape index (κ3) is 4.47. The van der Waals surface area contributed by atoms with E-state index in [0.717, 1.165) is 12.0 Å². The first kappa shape index (κ1) is 14.7. The van der Waals surface area contributed by atoms with Crippen molar-refractivity contribution in [2.75, 3.05) is 13.1 Å². The molecule has 1 aromatic rings. The number of hydrogen-bond acceptors (Lipinski definition) is 3. The van der Waals surface area contributed by atoms with Crippen molar-refractivity contribution < 1.29 is 9.90 Å². The first-order chi connectivity index (χ1) is 8.69. The molecule has 100 valence electrons. The van der Waals surface area contributed by atoms with Gasteiger partial charge in [-0.2, -0.15) is 0 Å². The van der Waals surface area contributed by atoms with E-state index in [1.165, 1.54) is 0 Å². The molecule has 4 heteroatoms. The third-order valence-electron chi connectivity index (χ3n) is 2.89. The molecular weight excluding hydrogens is 228 g/mol. The average Bonchev–Trinajstić information content (AvgIpc) is 2.39. The lowest BCUT2D eigenvalue weighted by Crippen LogP contribution is -2.37. The monoisotopic (exact) mass is 250 g/mol. The molecule has 0 aliphatic rings. The molecule has 1 rings (SSSR count). The molecule has 2 atom stereocenters. The Morgan fingerprint density at radius 1 is 1.39 bits per heavy atom. The van der Waals surface area contributed by atoms with Crippen molar-refractivity contribution in [3.05, 3.63) is 35.9 Å². The number of nitrogens with one attached hydrogen (secondary N) is 1. The minimum absolute atomic E-state index is 0.126. The zero-order valence-corrected chi connectivity index (χ0v) is 10.8. The summed E-state index contributed by atoms with van der Waals surface area (Å²) in [6.07, 6.45) is 1.11. The highest BCUT2D eigenvalue weighted by Crippen LogP contribution is 2.14. The molecule has 0 aliphatic heterocycles. The normalized spacial score (nSPS) is 13.9. The predicted molar refractivity (Wildman–Crippen MR) is 72.2 cm³/mol. The minimum Gasteiger partial charge on any atom is -0.391 e. The lowest BCUT2D eigenvalue weighted by molar-refractivity contribution is -0.122. The van der Waals surface area contributed by atoms with Crippen LogP contribution in [-0.4, -0.2) is 30.2 Å². The molecule has 0 saturated heterocycles. The second kappa shape index (κ2) is 7.84. The summed E-state index contributed by atoms with van der Waals surface area (Å²) in [5.41, 5.74) is 6.55. The predicted octanol–water partition coefficient (Wildman–Crippen LogP) is 1.01. The van der Waals surface area contributed by atoms with Crippen LogP contribution < -0.4 is 11.1 Å². The fraction of sp³-hybridized carbons (Fsp3) is 0.500. The SMILES string of the molecule is CCCC(O)CNC(=O)C(CN)c1ccccc1.